The third-order valence-electron chi connectivity index (χ3n) is 5.08. The Hall–Kier alpha value is -2.22. The number of hydrogen-bond acceptors (Lipinski definition) is 3. The van der Waals surface area contributed by atoms with Gasteiger partial charge in [0.05, 0.1) is 5.54 Å². The molecule has 1 aliphatic carbocycles. The van der Waals surface area contributed by atoms with Crippen molar-refractivity contribution in [2.75, 3.05) is 13.1 Å². The van der Waals surface area contributed by atoms with E-state index in [4.69, 9.17) is 4.42 Å². The lowest BCUT2D eigenvalue weighted by Gasteiger charge is -2.48. The maximum atomic E-state index is 13.9. The molecule has 1 aromatic heterocycles. The molecule has 1 saturated carbocycles. The molecule has 1 N–H and O–H groups in total. The van der Waals surface area contributed by atoms with E-state index >= 15 is 0 Å². The zero-order valence-electron chi connectivity index (χ0n) is 14.5. The molecule has 1 aliphatic heterocycles. The number of benzene rings is 1. The molecule has 1 saturated heterocycles. The molecule has 0 radical (unpaired) electrons. The second-order valence-corrected chi connectivity index (χ2v) is 8.19. The summed E-state index contributed by atoms with van der Waals surface area (Å²) in [6.07, 6.45) is 0.491. The lowest BCUT2D eigenvalue weighted by atomic mass is 9.91. The molecule has 2 fully saturated rings. The van der Waals surface area contributed by atoms with Crippen LogP contribution in [0, 0.1) is 17.6 Å². The lowest BCUT2D eigenvalue weighted by molar-refractivity contribution is -0.126. The van der Waals surface area contributed by atoms with Crippen molar-refractivity contribution in [1.29, 1.82) is 0 Å². The first kappa shape index (κ1) is 18.2. The number of likely N-dealkylation sites (tertiary alicyclic amines) is 1. The van der Waals surface area contributed by atoms with Crippen molar-refractivity contribution in [3.63, 3.8) is 0 Å². The van der Waals surface area contributed by atoms with Crippen LogP contribution in [0.15, 0.2) is 39.4 Å². The van der Waals surface area contributed by atoms with Crippen LogP contribution in [0.2, 0.25) is 0 Å². The van der Waals surface area contributed by atoms with Gasteiger partial charge in [-0.3, -0.25) is 9.59 Å². The van der Waals surface area contributed by atoms with Crippen LogP contribution in [0.3, 0.4) is 0 Å². The van der Waals surface area contributed by atoms with Gasteiger partial charge in [0.1, 0.15) is 0 Å². The van der Waals surface area contributed by atoms with Crippen molar-refractivity contribution in [3.05, 3.63) is 58.0 Å². The van der Waals surface area contributed by atoms with Crippen LogP contribution in [0.1, 0.15) is 35.4 Å². The monoisotopic (exact) mass is 438 g/mol. The molecule has 5 nitrogen and oxygen atoms in total. The maximum absolute atomic E-state index is 13.9. The average Bonchev–Trinajstić information content (AvgIpc) is 3.28. The topological polar surface area (TPSA) is 62.6 Å². The Balaban J connectivity index is 1.33. The molecule has 2 aliphatic rings. The van der Waals surface area contributed by atoms with Gasteiger partial charge in [0.15, 0.2) is 22.1 Å². The van der Waals surface area contributed by atoms with E-state index in [1.54, 1.807) is 17.0 Å². The smallest absolute Gasteiger partial charge is 0.289 e. The molecule has 27 heavy (non-hydrogen) atoms. The van der Waals surface area contributed by atoms with E-state index < -0.39 is 17.2 Å². The summed E-state index contributed by atoms with van der Waals surface area (Å²) in [7, 11) is 0. The van der Waals surface area contributed by atoms with Crippen LogP contribution >= 0.6 is 15.9 Å². The van der Waals surface area contributed by atoms with Gasteiger partial charge in [-0.25, -0.2) is 8.78 Å². The first-order valence-electron chi connectivity index (χ1n) is 8.58. The van der Waals surface area contributed by atoms with Crippen LogP contribution < -0.4 is 5.32 Å². The minimum atomic E-state index is -0.900. The van der Waals surface area contributed by atoms with Gasteiger partial charge in [0, 0.05) is 19.0 Å². The SMILES string of the molecule is CC1(NC(=O)[C@@H]2C[C@H]2c2cccc(F)c2F)CN(C(=O)c2ccc(Br)o2)C1. The van der Waals surface area contributed by atoms with Crippen molar-refractivity contribution >= 4 is 27.7 Å². The second kappa shape index (κ2) is 6.44. The summed E-state index contributed by atoms with van der Waals surface area (Å²) >= 11 is 3.16. The summed E-state index contributed by atoms with van der Waals surface area (Å²) in [6.45, 7) is 2.58. The molecule has 2 amide bonds. The summed E-state index contributed by atoms with van der Waals surface area (Å²) in [5, 5.41) is 2.94. The number of carbonyl (C=O) groups is 2. The van der Waals surface area contributed by atoms with Gasteiger partial charge >= 0.3 is 0 Å². The van der Waals surface area contributed by atoms with Gasteiger partial charge in [-0.15, -0.1) is 0 Å². The normalized spacial score (nSPS) is 22.9. The van der Waals surface area contributed by atoms with Crippen molar-refractivity contribution in [1.82, 2.24) is 10.2 Å². The molecular weight excluding hydrogens is 422 g/mol. The minimum Gasteiger partial charge on any atom is -0.444 e. The highest BCUT2D eigenvalue weighted by Crippen LogP contribution is 2.49. The highest BCUT2D eigenvalue weighted by molar-refractivity contribution is 9.10. The Labute approximate surface area is 162 Å². The van der Waals surface area contributed by atoms with E-state index in [2.05, 4.69) is 21.2 Å². The molecule has 0 bridgehead atoms. The van der Waals surface area contributed by atoms with Gasteiger partial charge in [0.25, 0.3) is 5.91 Å². The van der Waals surface area contributed by atoms with E-state index in [1.165, 1.54) is 12.1 Å². The molecular formula is C19H17BrF2N2O3. The number of amides is 2. The average molecular weight is 439 g/mol. The Morgan fingerprint density at radius 3 is 2.67 bits per heavy atom. The number of halogens is 3. The van der Waals surface area contributed by atoms with Gasteiger partial charge in [0.2, 0.25) is 5.91 Å². The number of furan rings is 1. The molecule has 0 spiro atoms. The van der Waals surface area contributed by atoms with Crippen LogP contribution in [0.25, 0.3) is 0 Å². The number of nitrogens with one attached hydrogen (secondary N) is 1. The number of nitrogens with zero attached hydrogens (tertiary/aromatic N) is 1. The zero-order chi connectivity index (χ0) is 19.3. The zero-order valence-corrected chi connectivity index (χ0v) is 16.1. The maximum Gasteiger partial charge on any atom is 0.289 e. The van der Waals surface area contributed by atoms with Crippen LogP contribution in [-0.4, -0.2) is 35.3 Å². The van der Waals surface area contributed by atoms with Crippen LogP contribution in [0.4, 0.5) is 8.78 Å². The van der Waals surface area contributed by atoms with Gasteiger partial charge in [-0.2, -0.15) is 0 Å². The molecule has 4 rings (SSSR count). The highest BCUT2D eigenvalue weighted by Gasteiger charge is 2.50. The van der Waals surface area contributed by atoms with Crippen molar-refractivity contribution in [2.24, 2.45) is 5.92 Å². The Kier molecular flexibility index (Phi) is 4.33. The summed E-state index contributed by atoms with van der Waals surface area (Å²) in [4.78, 5) is 26.4. The predicted molar refractivity (Wildman–Crippen MR) is 96.1 cm³/mol. The molecule has 2 heterocycles. The first-order chi connectivity index (χ1) is 12.8. The van der Waals surface area contributed by atoms with Gasteiger partial charge in [-0.05, 0) is 59.0 Å². The largest absolute Gasteiger partial charge is 0.444 e. The highest BCUT2D eigenvalue weighted by atomic mass is 79.9. The van der Waals surface area contributed by atoms with E-state index in [1.807, 2.05) is 6.92 Å². The Morgan fingerprint density at radius 2 is 2.00 bits per heavy atom. The van der Waals surface area contributed by atoms with E-state index in [-0.39, 0.29) is 35.0 Å². The second-order valence-electron chi connectivity index (χ2n) is 7.41. The Morgan fingerprint density at radius 1 is 1.26 bits per heavy atom. The van der Waals surface area contributed by atoms with Gasteiger partial charge in [-0.1, -0.05) is 12.1 Å². The van der Waals surface area contributed by atoms with Crippen molar-refractivity contribution in [3.8, 4) is 0 Å². The fraction of sp³-hybridized carbons (Fsp3) is 0.368. The molecule has 2 atom stereocenters. The fourth-order valence-corrected chi connectivity index (χ4v) is 3.94. The number of carbonyl (C=O) groups excluding carboxylic acids is 2. The Bertz CT molecular complexity index is 923. The third kappa shape index (κ3) is 3.38. The fourth-order valence-electron chi connectivity index (χ4n) is 3.63. The molecule has 8 heteroatoms. The molecule has 1 aromatic carbocycles. The molecule has 142 valence electrons. The quantitative estimate of drug-likeness (QED) is 0.794. The third-order valence-corrected chi connectivity index (χ3v) is 5.51. The van der Waals surface area contributed by atoms with Crippen molar-refractivity contribution in [2.45, 2.75) is 24.8 Å². The lowest BCUT2D eigenvalue weighted by Crippen LogP contribution is -2.69. The minimum absolute atomic E-state index is 0.195. The standard InChI is InChI=1S/C19H17BrF2N2O3/c1-19(8-24(9-19)18(26)14-5-6-15(20)27-14)23-17(25)12-7-11(12)10-3-2-4-13(21)16(10)22/h2-6,11-12H,7-9H2,1H3,(H,23,25)/t11-,12+/m0/s1. The molecule has 2 aromatic rings. The first-order valence-corrected chi connectivity index (χ1v) is 9.37. The van der Waals surface area contributed by atoms with E-state index in [0.717, 1.165) is 6.07 Å². The summed E-state index contributed by atoms with van der Waals surface area (Å²) in [5.74, 6) is -2.65. The van der Waals surface area contributed by atoms with Gasteiger partial charge < -0.3 is 14.6 Å². The van der Waals surface area contributed by atoms with Crippen LogP contribution in [-0.2, 0) is 4.79 Å². The van der Waals surface area contributed by atoms with E-state index in [9.17, 15) is 18.4 Å². The predicted octanol–water partition coefficient (Wildman–Crippen LogP) is 3.45. The van der Waals surface area contributed by atoms with E-state index in [0.29, 0.717) is 24.2 Å². The summed E-state index contributed by atoms with van der Waals surface area (Å²) in [6, 6.07) is 7.26. The summed E-state index contributed by atoms with van der Waals surface area (Å²) in [5.41, 5.74) is -0.293. The van der Waals surface area contributed by atoms with Crippen molar-refractivity contribution < 1.29 is 22.8 Å². The number of hydrogen-bond donors (Lipinski definition) is 1. The van der Waals surface area contributed by atoms with Crippen LogP contribution in [0.5, 0.6) is 0 Å². The summed E-state index contributed by atoms with van der Waals surface area (Å²) < 4.78 is 33.0. The number of rotatable bonds is 4. The molecule has 0 unspecified atom stereocenters.